The van der Waals surface area contributed by atoms with Crippen LogP contribution < -0.4 is 24.4 Å². The van der Waals surface area contributed by atoms with E-state index in [4.69, 9.17) is 18.6 Å². The summed E-state index contributed by atoms with van der Waals surface area (Å²) < 4.78 is 24.0. The molecule has 0 aliphatic carbocycles. The summed E-state index contributed by atoms with van der Waals surface area (Å²) in [5, 5.41) is 11.3. The second kappa shape index (κ2) is 11.3. The van der Waals surface area contributed by atoms with Crippen molar-refractivity contribution in [2.75, 3.05) is 20.8 Å². The van der Waals surface area contributed by atoms with Gasteiger partial charge in [0.2, 0.25) is 0 Å². The van der Waals surface area contributed by atoms with Crippen molar-refractivity contribution in [1.82, 2.24) is 4.57 Å². The monoisotopic (exact) mass is 575 g/mol. The van der Waals surface area contributed by atoms with Crippen molar-refractivity contribution in [3.63, 3.8) is 0 Å². The van der Waals surface area contributed by atoms with E-state index in [1.807, 2.05) is 0 Å². The molecule has 0 bridgehead atoms. The van der Waals surface area contributed by atoms with E-state index >= 15 is 0 Å². The third-order valence-corrected chi connectivity index (χ3v) is 7.49. The number of carbonyl (C=O) groups excluding carboxylic acids is 1. The number of nitro benzene ring substituents is 1. The largest absolute Gasteiger partial charge is 0.496 e. The van der Waals surface area contributed by atoms with Crippen molar-refractivity contribution < 1.29 is 28.3 Å². The van der Waals surface area contributed by atoms with Crippen molar-refractivity contribution in [2.24, 2.45) is 4.99 Å². The molecule has 3 heterocycles. The number of rotatable bonds is 8. The van der Waals surface area contributed by atoms with Crippen molar-refractivity contribution in [1.29, 1.82) is 0 Å². The van der Waals surface area contributed by atoms with Gasteiger partial charge in [0.25, 0.3) is 11.2 Å². The van der Waals surface area contributed by atoms with Crippen LogP contribution in [0.4, 0.5) is 5.69 Å². The molecule has 2 aromatic carbocycles. The minimum absolute atomic E-state index is 0.115. The van der Waals surface area contributed by atoms with Gasteiger partial charge < -0.3 is 18.6 Å². The molecule has 0 spiro atoms. The maximum atomic E-state index is 13.9. The molecule has 12 heteroatoms. The topological polar surface area (TPSA) is 135 Å². The van der Waals surface area contributed by atoms with Gasteiger partial charge in [0.05, 0.1) is 47.1 Å². The number of carbonyl (C=O) groups is 1. The zero-order valence-electron chi connectivity index (χ0n) is 22.6. The normalized spacial score (nSPS) is 14.8. The standard InChI is InChI=1S/C29H25N3O8S/c1-5-39-28(34)25-16(2)30-29-31(26(25)19-8-6-7-9-21(19)37-3)27(33)24(41-29)15-18-11-13-23(40-18)20-14-17(32(35)36)10-12-22(20)38-4/h6-15,26H,5H2,1-4H3/b24-15+/t26-/m0/s1. The van der Waals surface area contributed by atoms with E-state index in [0.29, 0.717) is 49.2 Å². The predicted octanol–water partition coefficient (Wildman–Crippen LogP) is 3.98. The molecular weight excluding hydrogens is 550 g/mol. The number of ether oxygens (including phenoxy) is 3. The Morgan fingerprint density at radius 1 is 1.15 bits per heavy atom. The van der Waals surface area contributed by atoms with Gasteiger partial charge in [-0.05, 0) is 38.1 Å². The van der Waals surface area contributed by atoms with Crippen LogP contribution in [-0.4, -0.2) is 36.3 Å². The first-order valence-electron chi connectivity index (χ1n) is 12.5. The lowest BCUT2D eigenvalue weighted by Gasteiger charge is -2.25. The number of aromatic nitrogens is 1. The molecule has 1 aliphatic rings. The third kappa shape index (κ3) is 5.05. The van der Waals surface area contributed by atoms with Gasteiger partial charge in [-0.15, -0.1) is 0 Å². The fraction of sp³-hybridized carbons (Fsp3) is 0.207. The summed E-state index contributed by atoms with van der Waals surface area (Å²) in [6, 6.07) is 13.8. The maximum absolute atomic E-state index is 13.9. The van der Waals surface area contributed by atoms with Gasteiger partial charge in [-0.1, -0.05) is 29.5 Å². The molecule has 0 fully saturated rings. The number of para-hydroxylation sites is 1. The fourth-order valence-corrected chi connectivity index (χ4v) is 5.71. The van der Waals surface area contributed by atoms with Gasteiger partial charge in [0.15, 0.2) is 4.80 Å². The van der Waals surface area contributed by atoms with Crippen molar-refractivity contribution >= 4 is 29.1 Å². The number of thiazole rings is 1. The molecule has 0 radical (unpaired) electrons. The highest BCUT2D eigenvalue weighted by Crippen LogP contribution is 2.36. The van der Waals surface area contributed by atoms with Crippen LogP contribution in [0.25, 0.3) is 17.4 Å². The molecule has 41 heavy (non-hydrogen) atoms. The van der Waals surface area contributed by atoms with Crippen LogP contribution >= 0.6 is 11.3 Å². The second-order valence-corrected chi connectivity index (χ2v) is 9.90. The van der Waals surface area contributed by atoms with E-state index in [1.54, 1.807) is 56.3 Å². The van der Waals surface area contributed by atoms with Crippen LogP contribution in [0.15, 0.2) is 80.1 Å². The van der Waals surface area contributed by atoms with Crippen LogP contribution in [0, 0.1) is 10.1 Å². The Balaban J connectivity index is 1.65. The average molecular weight is 576 g/mol. The van der Waals surface area contributed by atoms with Crippen LogP contribution in [0.5, 0.6) is 11.5 Å². The van der Waals surface area contributed by atoms with Crippen molar-refractivity contribution in [3.05, 3.63) is 107 Å². The molecule has 0 N–H and O–H groups in total. The van der Waals surface area contributed by atoms with Gasteiger partial charge >= 0.3 is 5.97 Å². The van der Waals surface area contributed by atoms with Gasteiger partial charge in [-0.3, -0.25) is 19.5 Å². The lowest BCUT2D eigenvalue weighted by atomic mass is 9.95. The Hall–Kier alpha value is -4.97. The minimum atomic E-state index is -0.829. The predicted molar refractivity (Wildman–Crippen MR) is 151 cm³/mol. The Bertz CT molecular complexity index is 1880. The quantitative estimate of drug-likeness (QED) is 0.175. The Morgan fingerprint density at radius 2 is 1.90 bits per heavy atom. The van der Waals surface area contributed by atoms with Crippen LogP contribution in [0.1, 0.15) is 31.2 Å². The number of benzene rings is 2. The van der Waals surface area contributed by atoms with Gasteiger partial charge in [-0.2, -0.15) is 0 Å². The molecule has 1 atom stereocenters. The summed E-state index contributed by atoms with van der Waals surface area (Å²) >= 11 is 1.15. The number of methoxy groups -OCH3 is 2. The summed E-state index contributed by atoms with van der Waals surface area (Å²) in [6.45, 7) is 3.58. The molecule has 11 nitrogen and oxygen atoms in total. The van der Waals surface area contributed by atoms with E-state index in [2.05, 4.69) is 4.99 Å². The average Bonchev–Trinajstić information content (AvgIpc) is 3.56. The van der Waals surface area contributed by atoms with Gasteiger partial charge in [0, 0.05) is 23.8 Å². The first kappa shape index (κ1) is 27.6. The highest BCUT2D eigenvalue weighted by Gasteiger charge is 2.35. The number of fused-ring (bicyclic) bond motifs is 1. The lowest BCUT2D eigenvalue weighted by Crippen LogP contribution is -2.40. The van der Waals surface area contributed by atoms with Gasteiger partial charge in [-0.25, -0.2) is 9.79 Å². The molecule has 1 aliphatic heterocycles. The number of esters is 1. The molecule has 0 amide bonds. The highest BCUT2D eigenvalue weighted by atomic mass is 32.1. The van der Waals surface area contributed by atoms with Crippen molar-refractivity contribution in [2.45, 2.75) is 19.9 Å². The number of nitrogens with zero attached hydrogens (tertiary/aromatic N) is 3. The summed E-state index contributed by atoms with van der Waals surface area (Å²) in [4.78, 5) is 42.7. The SMILES string of the molecule is CCOC(=O)C1=C(C)N=c2s/c(=C/c3ccc(-c4cc([N+](=O)[O-])ccc4OC)o3)c(=O)n2[C@H]1c1ccccc1OC. The third-order valence-electron chi connectivity index (χ3n) is 6.51. The molecule has 210 valence electrons. The molecule has 4 aromatic rings. The van der Waals surface area contributed by atoms with E-state index in [9.17, 15) is 19.7 Å². The summed E-state index contributed by atoms with van der Waals surface area (Å²) in [6.07, 6.45) is 1.57. The minimum Gasteiger partial charge on any atom is -0.496 e. The van der Waals surface area contributed by atoms with Crippen molar-refractivity contribution in [3.8, 4) is 22.8 Å². The molecule has 2 aromatic heterocycles. The first-order valence-corrected chi connectivity index (χ1v) is 13.3. The Labute approximate surface area is 237 Å². The van der Waals surface area contributed by atoms with E-state index in [1.165, 1.54) is 37.0 Å². The van der Waals surface area contributed by atoms with Crippen LogP contribution in [-0.2, 0) is 9.53 Å². The zero-order chi connectivity index (χ0) is 29.3. The molecule has 0 saturated carbocycles. The number of furan rings is 1. The van der Waals surface area contributed by atoms with Crippen LogP contribution in [0.3, 0.4) is 0 Å². The number of allylic oxidation sites excluding steroid dienone is 1. The lowest BCUT2D eigenvalue weighted by molar-refractivity contribution is -0.384. The number of hydrogen-bond acceptors (Lipinski definition) is 10. The molecule has 0 unspecified atom stereocenters. The first-order chi connectivity index (χ1) is 19.8. The Morgan fingerprint density at radius 3 is 2.61 bits per heavy atom. The van der Waals surface area contributed by atoms with Gasteiger partial charge in [0.1, 0.15) is 29.1 Å². The van der Waals surface area contributed by atoms with Crippen LogP contribution in [0.2, 0.25) is 0 Å². The van der Waals surface area contributed by atoms with E-state index in [0.717, 1.165) is 11.3 Å². The van der Waals surface area contributed by atoms with E-state index in [-0.39, 0.29) is 23.4 Å². The van der Waals surface area contributed by atoms with E-state index < -0.39 is 16.9 Å². The molecular formula is C29H25N3O8S. The number of hydrogen-bond donors (Lipinski definition) is 0. The maximum Gasteiger partial charge on any atom is 0.338 e. The fourth-order valence-electron chi connectivity index (χ4n) is 4.68. The number of nitro groups is 1. The Kier molecular flexibility index (Phi) is 7.58. The molecule has 5 rings (SSSR count). The second-order valence-electron chi connectivity index (χ2n) is 8.89. The highest BCUT2D eigenvalue weighted by molar-refractivity contribution is 7.07. The smallest absolute Gasteiger partial charge is 0.338 e. The summed E-state index contributed by atoms with van der Waals surface area (Å²) in [5.41, 5.74) is 1.19. The number of non-ortho nitro benzene ring substituents is 1. The molecule has 0 saturated heterocycles. The summed E-state index contributed by atoms with van der Waals surface area (Å²) in [5.74, 6) is 1.01. The zero-order valence-corrected chi connectivity index (χ0v) is 23.4. The summed E-state index contributed by atoms with van der Waals surface area (Å²) in [7, 11) is 2.98.